The molecule has 0 bridgehead atoms. The predicted molar refractivity (Wildman–Crippen MR) is 105 cm³/mol. The van der Waals surface area contributed by atoms with Crippen LogP contribution >= 0.6 is 0 Å². The van der Waals surface area contributed by atoms with Crippen LogP contribution in [-0.4, -0.2) is 31.7 Å². The van der Waals surface area contributed by atoms with Gasteiger partial charge in [-0.1, -0.05) is 0 Å². The Balaban J connectivity index is 2.15. The summed E-state index contributed by atoms with van der Waals surface area (Å²) in [4.78, 5) is 6.94. The minimum Gasteiger partial charge on any atom is -0.452 e. The molecule has 0 aromatic heterocycles. The zero-order valence-electron chi connectivity index (χ0n) is 15.9. The Hall–Kier alpha value is -2.87. The fourth-order valence-corrected chi connectivity index (χ4v) is 3.19. The van der Waals surface area contributed by atoms with Gasteiger partial charge < -0.3 is 9.32 Å². The van der Waals surface area contributed by atoms with E-state index in [-0.39, 0.29) is 0 Å². The van der Waals surface area contributed by atoms with Crippen LogP contribution in [0, 0.1) is 18.3 Å². The van der Waals surface area contributed by atoms with Gasteiger partial charge in [0.15, 0.2) is 11.3 Å². The van der Waals surface area contributed by atoms with E-state index < -0.39 is 0 Å². The molecule has 5 heteroatoms. The molecule has 0 saturated heterocycles. The van der Waals surface area contributed by atoms with E-state index in [2.05, 4.69) is 55.5 Å². The van der Waals surface area contributed by atoms with Crippen molar-refractivity contribution in [1.29, 1.82) is 5.26 Å². The first-order chi connectivity index (χ1) is 12.6. The van der Waals surface area contributed by atoms with Crippen LogP contribution < -0.4 is 14.8 Å². The number of hydrogen-bond acceptors (Lipinski definition) is 4. The Morgan fingerprint density at radius 3 is 2.73 bits per heavy atom. The average Bonchev–Trinajstić information content (AvgIpc) is 2.66. The molecule has 0 saturated carbocycles. The van der Waals surface area contributed by atoms with Crippen molar-refractivity contribution in [3.8, 4) is 17.5 Å². The smallest absolute Gasteiger partial charge is 0.206 e. The van der Waals surface area contributed by atoms with E-state index in [1.807, 2.05) is 18.2 Å². The Bertz CT molecular complexity index is 1010. The Morgan fingerprint density at radius 2 is 2.04 bits per heavy atom. The lowest BCUT2D eigenvalue weighted by Gasteiger charge is -2.22. The Kier molecular flexibility index (Phi) is 5.22. The first kappa shape index (κ1) is 17.9. The van der Waals surface area contributed by atoms with Crippen molar-refractivity contribution in [3.05, 3.63) is 41.3 Å². The fourth-order valence-electron chi connectivity index (χ4n) is 3.19. The second kappa shape index (κ2) is 7.57. The zero-order chi connectivity index (χ0) is 18.7. The van der Waals surface area contributed by atoms with Gasteiger partial charge in [0.25, 0.3) is 0 Å². The third kappa shape index (κ3) is 3.41. The summed E-state index contributed by atoms with van der Waals surface area (Å²) in [6.45, 7) is 8.81. The monoisotopic (exact) mass is 349 g/mol. The molecule has 1 aliphatic carbocycles. The molecule has 1 heterocycles. The third-order valence-corrected chi connectivity index (χ3v) is 4.81. The summed E-state index contributed by atoms with van der Waals surface area (Å²) in [5, 5.41) is 10.0. The first-order valence-corrected chi connectivity index (χ1v) is 9.08. The molecule has 0 atom stereocenters. The SMILES string of the molecule is CCN(CCC#N)c1ccc2nc3cc(C)c(=[N+](C)CC)cc-3oc2c1. The van der Waals surface area contributed by atoms with Gasteiger partial charge in [-0.25, -0.2) is 9.56 Å². The maximum Gasteiger partial charge on any atom is 0.206 e. The highest BCUT2D eigenvalue weighted by atomic mass is 16.3. The van der Waals surface area contributed by atoms with Crippen LogP contribution in [0.1, 0.15) is 25.8 Å². The van der Waals surface area contributed by atoms with E-state index in [0.717, 1.165) is 46.7 Å². The summed E-state index contributed by atoms with van der Waals surface area (Å²) in [5.41, 5.74) is 4.72. The maximum atomic E-state index is 8.85. The van der Waals surface area contributed by atoms with Crippen LogP contribution in [0.25, 0.3) is 22.6 Å². The lowest BCUT2D eigenvalue weighted by molar-refractivity contribution is 0.608. The molecule has 0 amide bonds. The quantitative estimate of drug-likeness (QED) is 0.523. The van der Waals surface area contributed by atoms with Gasteiger partial charge in [-0.3, -0.25) is 0 Å². The van der Waals surface area contributed by atoms with Gasteiger partial charge in [0, 0.05) is 30.4 Å². The highest BCUT2D eigenvalue weighted by molar-refractivity contribution is 5.80. The molecule has 0 spiro atoms. The topological polar surface area (TPSA) is 56.1 Å². The van der Waals surface area contributed by atoms with E-state index >= 15 is 0 Å². The number of aromatic nitrogens is 1. The molecule has 1 aromatic carbocycles. The Morgan fingerprint density at radius 1 is 1.23 bits per heavy atom. The molecule has 0 N–H and O–H groups in total. The Labute approximate surface area is 154 Å². The van der Waals surface area contributed by atoms with Crippen molar-refractivity contribution in [1.82, 2.24) is 9.56 Å². The van der Waals surface area contributed by atoms with Gasteiger partial charge in [-0.05, 0) is 39.0 Å². The predicted octanol–water partition coefficient (Wildman–Crippen LogP) is 3.40. The minimum absolute atomic E-state index is 0.505. The van der Waals surface area contributed by atoms with Gasteiger partial charge in [0.2, 0.25) is 5.36 Å². The first-order valence-electron chi connectivity index (χ1n) is 9.08. The summed E-state index contributed by atoms with van der Waals surface area (Å²) >= 11 is 0. The van der Waals surface area contributed by atoms with Crippen molar-refractivity contribution < 1.29 is 4.42 Å². The number of hydrogen-bond donors (Lipinski definition) is 0. The number of anilines is 1. The molecule has 0 fully saturated rings. The number of rotatable bonds is 5. The zero-order valence-corrected chi connectivity index (χ0v) is 15.9. The van der Waals surface area contributed by atoms with Gasteiger partial charge >= 0.3 is 0 Å². The highest BCUT2D eigenvalue weighted by Crippen LogP contribution is 2.27. The fraction of sp³-hybridized carbons (Fsp3) is 0.381. The molecule has 26 heavy (non-hydrogen) atoms. The van der Waals surface area contributed by atoms with Gasteiger partial charge in [-0.15, -0.1) is 0 Å². The van der Waals surface area contributed by atoms with E-state index in [9.17, 15) is 0 Å². The highest BCUT2D eigenvalue weighted by Gasteiger charge is 2.14. The normalized spacial score (nSPS) is 12.3. The van der Waals surface area contributed by atoms with Crippen LogP contribution in [0.2, 0.25) is 0 Å². The van der Waals surface area contributed by atoms with Crippen molar-refractivity contribution in [3.63, 3.8) is 0 Å². The van der Waals surface area contributed by atoms with Gasteiger partial charge in [-0.2, -0.15) is 5.26 Å². The van der Waals surface area contributed by atoms with E-state index in [4.69, 9.17) is 14.7 Å². The minimum atomic E-state index is 0.505. The summed E-state index contributed by atoms with van der Waals surface area (Å²) in [6.07, 6.45) is 0.505. The molecule has 0 unspecified atom stereocenters. The van der Waals surface area contributed by atoms with Crippen LogP contribution in [0.4, 0.5) is 5.69 Å². The largest absolute Gasteiger partial charge is 0.452 e. The molecule has 3 rings (SSSR count). The van der Waals surface area contributed by atoms with Gasteiger partial charge in [0.05, 0.1) is 18.6 Å². The van der Waals surface area contributed by atoms with Gasteiger partial charge in [0.1, 0.15) is 24.8 Å². The maximum absolute atomic E-state index is 8.85. The number of nitriles is 1. The van der Waals surface area contributed by atoms with Crippen LogP contribution in [0.5, 0.6) is 0 Å². The lowest BCUT2D eigenvalue weighted by Crippen LogP contribution is -2.28. The molecule has 2 aliphatic rings. The summed E-state index contributed by atoms with van der Waals surface area (Å²) in [6, 6.07) is 12.4. The van der Waals surface area contributed by atoms with Crippen LogP contribution in [0.3, 0.4) is 0 Å². The van der Waals surface area contributed by atoms with Crippen LogP contribution in [-0.2, 0) is 0 Å². The van der Waals surface area contributed by atoms with E-state index in [0.29, 0.717) is 13.0 Å². The second-order valence-electron chi connectivity index (χ2n) is 6.47. The van der Waals surface area contributed by atoms with E-state index in [1.54, 1.807) is 0 Å². The van der Waals surface area contributed by atoms with Crippen molar-refractivity contribution in [2.75, 3.05) is 31.6 Å². The lowest BCUT2D eigenvalue weighted by atomic mass is 10.1. The molecule has 134 valence electrons. The standard InChI is InChI=1S/C21H25N4O/c1-5-24(4)19-14-21-18(12-15(19)3)23-17-9-8-16(13-20(17)26-21)25(6-2)11-7-10-22/h8-9,12-14H,5-7,11H2,1-4H3/q+1. The summed E-state index contributed by atoms with van der Waals surface area (Å²) in [5.74, 6) is 0.788. The van der Waals surface area contributed by atoms with Crippen LogP contribution in [0.15, 0.2) is 34.7 Å². The molecular weight excluding hydrogens is 324 g/mol. The third-order valence-electron chi connectivity index (χ3n) is 4.81. The summed E-state index contributed by atoms with van der Waals surface area (Å²) in [7, 11) is 2.08. The summed E-state index contributed by atoms with van der Waals surface area (Å²) < 4.78 is 8.40. The molecule has 1 aliphatic heterocycles. The van der Waals surface area contributed by atoms with Crippen molar-refractivity contribution >= 4 is 16.8 Å². The van der Waals surface area contributed by atoms with Crippen molar-refractivity contribution in [2.45, 2.75) is 27.2 Å². The number of fused-ring (bicyclic) bond motifs is 2. The molecule has 0 radical (unpaired) electrons. The molecule has 1 aromatic rings. The molecular formula is C21H25N4O+. The number of benzene rings is 2. The number of aryl methyl sites for hydroxylation is 1. The average molecular weight is 349 g/mol. The van der Waals surface area contributed by atoms with E-state index in [1.165, 1.54) is 5.56 Å². The molecule has 5 nitrogen and oxygen atoms in total. The number of nitrogens with zero attached hydrogens (tertiary/aromatic N) is 4. The second-order valence-corrected chi connectivity index (χ2v) is 6.47. The van der Waals surface area contributed by atoms with Crippen molar-refractivity contribution in [2.24, 2.45) is 0 Å².